The van der Waals surface area contributed by atoms with Gasteiger partial charge in [0.2, 0.25) is 5.91 Å². The average molecular weight is 342 g/mol. The zero-order valence-corrected chi connectivity index (χ0v) is 13.5. The standard InChI is InChI=1S/C16H17Cl2NO3/c17-12-5-4-9(6-13(12)18)7-14(20)19-8-10-2-1-3-11(10)15(19)16(21)22/h4-6,10-11,15H,1-3,7-8H2,(H,21,22). The molecule has 1 saturated heterocycles. The number of nitrogens with zero attached hydrogens (tertiary/aromatic N) is 1. The Balaban J connectivity index is 1.76. The zero-order valence-electron chi connectivity index (χ0n) is 12.0. The number of hydrogen-bond acceptors (Lipinski definition) is 2. The van der Waals surface area contributed by atoms with E-state index in [9.17, 15) is 14.7 Å². The summed E-state index contributed by atoms with van der Waals surface area (Å²) in [6.07, 6.45) is 3.14. The Kier molecular flexibility index (Phi) is 4.33. The van der Waals surface area contributed by atoms with Gasteiger partial charge < -0.3 is 10.0 Å². The summed E-state index contributed by atoms with van der Waals surface area (Å²) in [7, 11) is 0. The Morgan fingerprint density at radius 3 is 2.68 bits per heavy atom. The SMILES string of the molecule is O=C(O)C1C2CCCC2CN1C(=O)Cc1ccc(Cl)c(Cl)c1. The van der Waals surface area contributed by atoms with Crippen LogP contribution in [0.1, 0.15) is 24.8 Å². The van der Waals surface area contributed by atoms with E-state index >= 15 is 0 Å². The fraction of sp³-hybridized carbons (Fsp3) is 0.500. The quantitative estimate of drug-likeness (QED) is 0.917. The lowest BCUT2D eigenvalue weighted by Crippen LogP contribution is -2.43. The highest BCUT2D eigenvalue weighted by molar-refractivity contribution is 6.42. The molecular weight excluding hydrogens is 325 g/mol. The van der Waals surface area contributed by atoms with Gasteiger partial charge in [0.25, 0.3) is 0 Å². The molecule has 6 heteroatoms. The normalized spacial score (nSPS) is 27.0. The topological polar surface area (TPSA) is 57.6 Å². The highest BCUT2D eigenvalue weighted by Crippen LogP contribution is 2.42. The van der Waals surface area contributed by atoms with Crippen LogP contribution in [0.25, 0.3) is 0 Å². The van der Waals surface area contributed by atoms with Crippen LogP contribution in [0.2, 0.25) is 10.0 Å². The van der Waals surface area contributed by atoms with E-state index in [0.29, 0.717) is 22.5 Å². The van der Waals surface area contributed by atoms with Crippen LogP contribution in [0.5, 0.6) is 0 Å². The number of carboxylic acid groups (broad SMARTS) is 1. The van der Waals surface area contributed by atoms with E-state index in [1.54, 1.807) is 23.1 Å². The van der Waals surface area contributed by atoms with Gasteiger partial charge in [-0.05, 0) is 42.4 Å². The van der Waals surface area contributed by atoms with E-state index in [1.165, 1.54) is 0 Å². The minimum absolute atomic E-state index is 0.107. The van der Waals surface area contributed by atoms with Crippen LogP contribution < -0.4 is 0 Å². The van der Waals surface area contributed by atoms with Crippen LogP contribution in [0, 0.1) is 11.8 Å². The molecule has 1 amide bonds. The predicted octanol–water partition coefficient (Wildman–Crippen LogP) is 3.25. The van der Waals surface area contributed by atoms with Crippen LogP contribution in [-0.4, -0.2) is 34.5 Å². The Hall–Kier alpha value is -1.26. The summed E-state index contributed by atoms with van der Waals surface area (Å²) in [5, 5.41) is 10.3. The van der Waals surface area contributed by atoms with Crippen LogP contribution in [0.3, 0.4) is 0 Å². The molecule has 0 aromatic heterocycles. The van der Waals surface area contributed by atoms with Gasteiger partial charge in [-0.1, -0.05) is 35.7 Å². The number of fused-ring (bicyclic) bond motifs is 1. The number of carbonyl (C=O) groups excluding carboxylic acids is 1. The summed E-state index contributed by atoms with van der Waals surface area (Å²) in [6.45, 7) is 0.557. The molecule has 118 valence electrons. The van der Waals surface area contributed by atoms with Gasteiger partial charge in [-0.25, -0.2) is 4.79 Å². The van der Waals surface area contributed by atoms with E-state index in [1.807, 2.05) is 0 Å². The molecule has 1 aromatic rings. The number of rotatable bonds is 3. The number of halogens is 2. The van der Waals surface area contributed by atoms with Gasteiger partial charge in [-0.2, -0.15) is 0 Å². The molecule has 1 N–H and O–H groups in total. The molecule has 1 aliphatic carbocycles. The molecule has 2 aliphatic rings. The summed E-state index contributed by atoms with van der Waals surface area (Å²) in [6, 6.07) is 4.38. The number of amides is 1. The molecule has 4 nitrogen and oxygen atoms in total. The average Bonchev–Trinajstić information content (AvgIpc) is 3.02. The highest BCUT2D eigenvalue weighted by Gasteiger charge is 2.49. The molecule has 2 fully saturated rings. The molecule has 3 rings (SSSR count). The molecule has 3 atom stereocenters. The zero-order chi connectivity index (χ0) is 15.9. The van der Waals surface area contributed by atoms with E-state index in [4.69, 9.17) is 23.2 Å². The molecule has 22 heavy (non-hydrogen) atoms. The van der Waals surface area contributed by atoms with Crippen molar-refractivity contribution in [2.24, 2.45) is 11.8 Å². The highest BCUT2D eigenvalue weighted by atomic mass is 35.5. The first-order valence-corrected chi connectivity index (χ1v) is 8.19. The van der Waals surface area contributed by atoms with E-state index in [0.717, 1.165) is 24.8 Å². The fourth-order valence-corrected chi connectivity index (χ4v) is 4.13. The largest absolute Gasteiger partial charge is 0.480 e. The van der Waals surface area contributed by atoms with Gasteiger partial charge in [-0.3, -0.25) is 4.79 Å². The maximum absolute atomic E-state index is 12.5. The van der Waals surface area contributed by atoms with E-state index < -0.39 is 12.0 Å². The summed E-state index contributed by atoms with van der Waals surface area (Å²) < 4.78 is 0. The Morgan fingerprint density at radius 2 is 2.00 bits per heavy atom. The molecule has 1 aromatic carbocycles. The molecule has 1 heterocycles. The molecule has 3 unspecified atom stereocenters. The molecule has 0 spiro atoms. The number of aliphatic carboxylic acids is 1. The summed E-state index contributed by atoms with van der Waals surface area (Å²) >= 11 is 11.8. The number of carbonyl (C=O) groups is 2. The van der Waals surface area contributed by atoms with Crippen LogP contribution >= 0.6 is 23.2 Å². The molecule has 1 saturated carbocycles. The third-order valence-electron chi connectivity index (χ3n) is 4.80. The number of benzene rings is 1. The van der Waals surface area contributed by atoms with E-state index in [-0.39, 0.29) is 18.2 Å². The van der Waals surface area contributed by atoms with Crippen molar-refractivity contribution < 1.29 is 14.7 Å². The predicted molar refractivity (Wildman–Crippen MR) is 84.1 cm³/mol. The number of carboxylic acids is 1. The fourth-order valence-electron chi connectivity index (χ4n) is 3.80. The monoisotopic (exact) mass is 341 g/mol. The Bertz CT molecular complexity index is 619. The maximum Gasteiger partial charge on any atom is 0.326 e. The minimum atomic E-state index is -0.892. The lowest BCUT2D eigenvalue weighted by atomic mass is 9.94. The van der Waals surface area contributed by atoms with Gasteiger partial charge in [0.05, 0.1) is 16.5 Å². The maximum atomic E-state index is 12.5. The van der Waals surface area contributed by atoms with Crippen molar-refractivity contribution in [2.75, 3.05) is 6.54 Å². The van der Waals surface area contributed by atoms with Crippen molar-refractivity contribution in [2.45, 2.75) is 31.7 Å². The van der Waals surface area contributed by atoms with Crippen molar-refractivity contribution in [3.8, 4) is 0 Å². The van der Waals surface area contributed by atoms with Crippen molar-refractivity contribution in [1.29, 1.82) is 0 Å². The molecular formula is C16H17Cl2NO3. The van der Waals surface area contributed by atoms with Gasteiger partial charge in [0.15, 0.2) is 0 Å². The molecule has 0 radical (unpaired) electrons. The number of likely N-dealkylation sites (tertiary alicyclic amines) is 1. The summed E-state index contributed by atoms with van der Waals surface area (Å²) in [4.78, 5) is 25.7. The van der Waals surface area contributed by atoms with Crippen LogP contribution in [-0.2, 0) is 16.0 Å². The van der Waals surface area contributed by atoms with Crippen molar-refractivity contribution in [3.63, 3.8) is 0 Å². The second kappa shape index (κ2) is 6.09. The minimum Gasteiger partial charge on any atom is -0.480 e. The van der Waals surface area contributed by atoms with Gasteiger partial charge in [0.1, 0.15) is 6.04 Å². The third kappa shape index (κ3) is 2.82. The van der Waals surface area contributed by atoms with Crippen molar-refractivity contribution in [1.82, 2.24) is 4.90 Å². The first kappa shape index (κ1) is 15.6. The Morgan fingerprint density at radius 1 is 1.23 bits per heavy atom. The third-order valence-corrected chi connectivity index (χ3v) is 5.54. The van der Waals surface area contributed by atoms with Crippen LogP contribution in [0.4, 0.5) is 0 Å². The van der Waals surface area contributed by atoms with Crippen molar-refractivity contribution in [3.05, 3.63) is 33.8 Å². The Labute approximate surface area is 139 Å². The van der Waals surface area contributed by atoms with Crippen molar-refractivity contribution >= 4 is 35.1 Å². The lowest BCUT2D eigenvalue weighted by Gasteiger charge is -2.24. The first-order valence-electron chi connectivity index (χ1n) is 7.43. The molecule has 0 bridgehead atoms. The van der Waals surface area contributed by atoms with Gasteiger partial charge in [0, 0.05) is 6.54 Å². The van der Waals surface area contributed by atoms with Gasteiger partial charge >= 0.3 is 5.97 Å². The first-order chi connectivity index (χ1) is 10.5. The number of hydrogen-bond donors (Lipinski definition) is 1. The second-order valence-corrected chi connectivity index (χ2v) is 6.92. The van der Waals surface area contributed by atoms with Gasteiger partial charge in [-0.15, -0.1) is 0 Å². The summed E-state index contributed by atoms with van der Waals surface area (Å²) in [5.41, 5.74) is 0.751. The van der Waals surface area contributed by atoms with Crippen LogP contribution in [0.15, 0.2) is 18.2 Å². The smallest absolute Gasteiger partial charge is 0.326 e. The lowest BCUT2D eigenvalue weighted by molar-refractivity contribution is -0.149. The summed E-state index contributed by atoms with van der Waals surface area (Å²) in [5.74, 6) is -0.605. The van der Waals surface area contributed by atoms with E-state index in [2.05, 4.69) is 0 Å². The second-order valence-electron chi connectivity index (χ2n) is 6.11. The molecule has 1 aliphatic heterocycles.